The van der Waals surface area contributed by atoms with Gasteiger partial charge in [-0.15, -0.1) is 34.2 Å². The molecule has 0 spiro atoms. The second-order valence-corrected chi connectivity index (χ2v) is 7.76. The number of halogens is 1. The Hall–Kier alpha value is -0.810. The lowest BCUT2D eigenvalue weighted by Gasteiger charge is -2.16. The van der Waals surface area contributed by atoms with Gasteiger partial charge in [-0.1, -0.05) is 6.92 Å². The highest BCUT2D eigenvalue weighted by atomic mass is 127. The quantitative estimate of drug-likeness (QED) is 0.235. The zero-order chi connectivity index (χ0) is 18.1. The molecule has 0 radical (unpaired) electrons. The summed E-state index contributed by atoms with van der Waals surface area (Å²) >= 11 is 3.60. The van der Waals surface area contributed by atoms with Crippen LogP contribution in [0.1, 0.15) is 36.5 Å². The number of aliphatic imine (C=N–C) groups is 1. The van der Waals surface area contributed by atoms with Crippen LogP contribution in [0.2, 0.25) is 0 Å². The van der Waals surface area contributed by atoms with Gasteiger partial charge in [0.2, 0.25) is 0 Å². The molecule has 146 valence electrons. The number of nitrogens with one attached hydrogen (secondary N) is 2. The SMILES string of the molecule is CSCCCNC(=NCc1nnc(C)n1C)NCC(C)c1ccsc1.I. The highest BCUT2D eigenvalue weighted by molar-refractivity contribution is 14.0. The lowest BCUT2D eigenvalue weighted by molar-refractivity contribution is 0.690. The van der Waals surface area contributed by atoms with Crippen molar-refractivity contribution in [3.8, 4) is 0 Å². The van der Waals surface area contributed by atoms with E-state index in [0.29, 0.717) is 12.5 Å². The number of thioether (sulfide) groups is 1. The summed E-state index contributed by atoms with van der Waals surface area (Å²) in [6.45, 7) is 6.46. The number of hydrogen-bond acceptors (Lipinski definition) is 5. The Kier molecular flexibility index (Phi) is 11.2. The van der Waals surface area contributed by atoms with Crippen LogP contribution in [0.25, 0.3) is 0 Å². The van der Waals surface area contributed by atoms with Gasteiger partial charge in [0, 0.05) is 20.1 Å². The number of nitrogens with zero attached hydrogens (tertiary/aromatic N) is 4. The van der Waals surface area contributed by atoms with Gasteiger partial charge in [0.25, 0.3) is 0 Å². The molecule has 2 rings (SSSR count). The van der Waals surface area contributed by atoms with Gasteiger partial charge in [-0.05, 0) is 53.7 Å². The summed E-state index contributed by atoms with van der Waals surface area (Å²) < 4.78 is 1.98. The topological polar surface area (TPSA) is 67.1 Å². The van der Waals surface area contributed by atoms with Crippen molar-refractivity contribution in [3.63, 3.8) is 0 Å². The fourth-order valence-electron chi connectivity index (χ4n) is 2.26. The van der Waals surface area contributed by atoms with Crippen molar-refractivity contribution in [3.05, 3.63) is 34.0 Å². The van der Waals surface area contributed by atoms with Gasteiger partial charge in [-0.3, -0.25) is 0 Å². The van der Waals surface area contributed by atoms with E-state index in [2.05, 4.69) is 55.8 Å². The summed E-state index contributed by atoms with van der Waals surface area (Å²) in [4.78, 5) is 4.69. The van der Waals surface area contributed by atoms with Gasteiger partial charge in [-0.25, -0.2) is 4.99 Å². The van der Waals surface area contributed by atoms with E-state index >= 15 is 0 Å². The Labute approximate surface area is 181 Å². The number of guanidine groups is 1. The van der Waals surface area contributed by atoms with Crippen molar-refractivity contribution in [2.24, 2.45) is 12.0 Å². The summed E-state index contributed by atoms with van der Waals surface area (Å²) in [5.74, 6) is 4.20. The van der Waals surface area contributed by atoms with Crippen molar-refractivity contribution in [2.45, 2.75) is 32.7 Å². The van der Waals surface area contributed by atoms with E-state index in [9.17, 15) is 0 Å². The van der Waals surface area contributed by atoms with Crippen LogP contribution in [0.4, 0.5) is 0 Å². The molecule has 0 amide bonds. The zero-order valence-electron chi connectivity index (χ0n) is 15.9. The van der Waals surface area contributed by atoms with Crippen molar-refractivity contribution in [2.75, 3.05) is 25.1 Å². The van der Waals surface area contributed by atoms with Crippen LogP contribution in [0.15, 0.2) is 21.8 Å². The second-order valence-electron chi connectivity index (χ2n) is 6.00. The first-order valence-corrected chi connectivity index (χ1v) is 10.8. The zero-order valence-corrected chi connectivity index (χ0v) is 19.8. The number of thiophene rings is 1. The summed E-state index contributed by atoms with van der Waals surface area (Å²) in [5.41, 5.74) is 1.36. The molecular weight excluding hydrogens is 479 g/mol. The third kappa shape index (κ3) is 7.43. The predicted octanol–water partition coefficient (Wildman–Crippen LogP) is 3.40. The average Bonchev–Trinajstić information content (AvgIpc) is 3.25. The predicted molar refractivity (Wildman–Crippen MR) is 124 cm³/mol. The first-order chi connectivity index (χ1) is 12.1. The van der Waals surface area contributed by atoms with E-state index in [0.717, 1.165) is 42.9 Å². The van der Waals surface area contributed by atoms with Crippen molar-refractivity contribution < 1.29 is 0 Å². The van der Waals surface area contributed by atoms with E-state index in [4.69, 9.17) is 0 Å². The molecular formula is C17H29IN6S2. The molecule has 0 aromatic carbocycles. The highest BCUT2D eigenvalue weighted by Gasteiger charge is 2.08. The van der Waals surface area contributed by atoms with E-state index in [1.165, 1.54) is 5.56 Å². The molecule has 0 aliphatic carbocycles. The molecule has 9 heteroatoms. The Morgan fingerprint density at radius 1 is 1.38 bits per heavy atom. The number of hydrogen-bond donors (Lipinski definition) is 2. The molecule has 6 nitrogen and oxygen atoms in total. The number of rotatable bonds is 9. The van der Waals surface area contributed by atoms with E-state index in [1.54, 1.807) is 11.3 Å². The average molecular weight is 508 g/mol. The van der Waals surface area contributed by atoms with Crippen LogP contribution in [0.3, 0.4) is 0 Å². The van der Waals surface area contributed by atoms with Crippen LogP contribution in [0.5, 0.6) is 0 Å². The molecule has 2 N–H and O–H groups in total. The molecule has 0 saturated heterocycles. The monoisotopic (exact) mass is 508 g/mol. The summed E-state index contributed by atoms with van der Waals surface area (Å²) in [5, 5.41) is 19.5. The second kappa shape index (κ2) is 12.6. The molecule has 1 unspecified atom stereocenters. The van der Waals surface area contributed by atoms with Crippen LogP contribution < -0.4 is 10.6 Å². The van der Waals surface area contributed by atoms with Crippen LogP contribution in [0, 0.1) is 6.92 Å². The summed E-state index contributed by atoms with van der Waals surface area (Å²) in [7, 11) is 1.97. The molecule has 0 saturated carbocycles. The maximum Gasteiger partial charge on any atom is 0.191 e. The van der Waals surface area contributed by atoms with Crippen molar-refractivity contribution in [1.29, 1.82) is 0 Å². The van der Waals surface area contributed by atoms with Crippen molar-refractivity contribution >= 4 is 53.0 Å². The van der Waals surface area contributed by atoms with Crippen LogP contribution in [-0.4, -0.2) is 45.8 Å². The van der Waals surface area contributed by atoms with Crippen LogP contribution in [-0.2, 0) is 13.6 Å². The minimum Gasteiger partial charge on any atom is -0.356 e. The van der Waals surface area contributed by atoms with E-state index in [-0.39, 0.29) is 24.0 Å². The van der Waals surface area contributed by atoms with Gasteiger partial charge in [-0.2, -0.15) is 23.1 Å². The molecule has 2 heterocycles. The van der Waals surface area contributed by atoms with Gasteiger partial charge < -0.3 is 15.2 Å². The maximum atomic E-state index is 4.69. The number of aromatic nitrogens is 3. The third-order valence-corrected chi connectivity index (χ3v) is 5.47. The maximum absolute atomic E-state index is 4.69. The van der Waals surface area contributed by atoms with Gasteiger partial charge in [0.15, 0.2) is 11.8 Å². The normalized spacial score (nSPS) is 12.5. The molecule has 1 atom stereocenters. The van der Waals surface area contributed by atoms with Crippen LogP contribution >= 0.6 is 47.1 Å². The Morgan fingerprint density at radius 3 is 2.81 bits per heavy atom. The fraction of sp³-hybridized carbons (Fsp3) is 0.588. The standard InChI is InChI=1S/C17H28N6S2.HI/c1-13(15-6-9-25-12-15)10-19-17(18-7-5-8-24-4)20-11-16-22-21-14(2)23(16)3;/h6,9,12-13H,5,7-8,10-11H2,1-4H3,(H2,18,19,20);1H. The lowest BCUT2D eigenvalue weighted by Crippen LogP contribution is -2.39. The Balaban J connectivity index is 0.00000338. The van der Waals surface area contributed by atoms with Gasteiger partial charge >= 0.3 is 0 Å². The summed E-state index contributed by atoms with van der Waals surface area (Å²) in [6.07, 6.45) is 3.25. The molecule has 0 bridgehead atoms. The Morgan fingerprint density at radius 2 is 2.19 bits per heavy atom. The molecule has 0 fully saturated rings. The third-order valence-electron chi connectivity index (χ3n) is 4.07. The highest BCUT2D eigenvalue weighted by Crippen LogP contribution is 2.17. The molecule has 0 aliphatic heterocycles. The lowest BCUT2D eigenvalue weighted by atomic mass is 10.1. The van der Waals surface area contributed by atoms with Gasteiger partial charge in [0.05, 0.1) is 0 Å². The van der Waals surface area contributed by atoms with Crippen molar-refractivity contribution in [1.82, 2.24) is 25.4 Å². The molecule has 2 aromatic heterocycles. The first kappa shape index (κ1) is 23.2. The Bertz CT molecular complexity index is 656. The minimum atomic E-state index is 0. The fourth-order valence-corrected chi connectivity index (χ4v) is 3.47. The number of aryl methyl sites for hydroxylation is 1. The smallest absolute Gasteiger partial charge is 0.191 e. The summed E-state index contributed by atoms with van der Waals surface area (Å²) in [6, 6.07) is 2.18. The molecule has 26 heavy (non-hydrogen) atoms. The van der Waals surface area contributed by atoms with E-state index in [1.807, 2.05) is 30.3 Å². The first-order valence-electron chi connectivity index (χ1n) is 8.50. The minimum absolute atomic E-state index is 0. The molecule has 0 aliphatic rings. The molecule has 2 aromatic rings. The largest absolute Gasteiger partial charge is 0.356 e. The van der Waals surface area contributed by atoms with Gasteiger partial charge in [0.1, 0.15) is 12.4 Å². The van der Waals surface area contributed by atoms with E-state index < -0.39 is 0 Å².